The third-order valence-corrected chi connectivity index (χ3v) is 6.63. The summed E-state index contributed by atoms with van der Waals surface area (Å²) in [7, 11) is 0. The number of carbonyl (C=O) groups excluding carboxylic acids is 2. The zero-order valence-electron chi connectivity index (χ0n) is 14.1. The first-order valence-electron chi connectivity index (χ1n) is 8.61. The zero-order valence-corrected chi connectivity index (χ0v) is 14.1. The zero-order chi connectivity index (χ0) is 16.5. The molecule has 0 aromatic heterocycles. The van der Waals surface area contributed by atoms with Gasteiger partial charge in [0, 0.05) is 17.1 Å². The minimum Gasteiger partial charge on any atom is -0.462 e. The van der Waals surface area contributed by atoms with E-state index in [-0.39, 0.29) is 22.8 Å². The van der Waals surface area contributed by atoms with Gasteiger partial charge in [-0.15, -0.1) is 0 Å². The Balaban J connectivity index is 1.88. The summed E-state index contributed by atoms with van der Waals surface area (Å²) in [5.41, 5.74) is 0.966. The Bertz CT molecular complexity index is 656. The Morgan fingerprint density at radius 1 is 1.17 bits per heavy atom. The quantitative estimate of drug-likeness (QED) is 0.643. The van der Waals surface area contributed by atoms with Gasteiger partial charge in [0.15, 0.2) is 5.60 Å². The first-order valence-corrected chi connectivity index (χ1v) is 8.61. The maximum Gasteiger partial charge on any atom is 0.334 e. The molecule has 2 heterocycles. The summed E-state index contributed by atoms with van der Waals surface area (Å²) < 4.78 is 11.3. The Labute approximate surface area is 136 Å². The van der Waals surface area contributed by atoms with E-state index in [9.17, 15) is 9.59 Å². The molecule has 0 bridgehead atoms. The fourth-order valence-electron chi connectivity index (χ4n) is 5.68. The fraction of sp³-hybridized carbons (Fsp3) is 0.684. The molecule has 124 valence electrons. The molecule has 0 N–H and O–H groups in total. The van der Waals surface area contributed by atoms with Crippen molar-refractivity contribution in [2.24, 2.45) is 16.7 Å². The lowest BCUT2D eigenvalue weighted by molar-refractivity contribution is -0.163. The van der Waals surface area contributed by atoms with Crippen LogP contribution in [-0.2, 0) is 19.1 Å². The van der Waals surface area contributed by atoms with Crippen LogP contribution in [0.4, 0.5) is 0 Å². The molecule has 0 aromatic carbocycles. The van der Waals surface area contributed by atoms with Crippen molar-refractivity contribution in [2.45, 2.75) is 58.5 Å². The number of carbonyl (C=O) groups is 2. The minimum atomic E-state index is -0.718. The number of cyclic esters (lactones) is 1. The van der Waals surface area contributed by atoms with E-state index < -0.39 is 5.60 Å². The topological polar surface area (TPSA) is 52.6 Å². The lowest BCUT2D eigenvalue weighted by Crippen LogP contribution is -2.58. The molecule has 4 aliphatic rings. The summed E-state index contributed by atoms with van der Waals surface area (Å²) in [5.74, 6) is -0.0988. The van der Waals surface area contributed by atoms with Gasteiger partial charge in [-0.2, -0.15) is 0 Å². The number of ether oxygens (including phenoxy) is 2. The molecule has 3 unspecified atom stereocenters. The number of hydrogen-bond donors (Lipinski definition) is 0. The second-order valence-corrected chi connectivity index (χ2v) is 8.36. The molecular weight excluding hydrogens is 292 g/mol. The average molecular weight is 316 g/mol. The summed E-state index contributed by atoms with van der Waals surface area (Å²) in [6.07, 6.45) is 8.66. The van der Waals surface area contributed by atoms with Crippen LogP contribution >= 0.6 is 0 Å². The maximum atomic E-state index is 12.1. The normalized spacial score (nSPS) is 41.4. The average Bonchev–Trinajstić information content (AvgIpc) is 2.75. The van der Waals surface area contributed by atoms with Crippen molar-refractivity contribution in [3.05, 3.63) is 23.3 Å². The Morgan fingerprint density at radius 2 is 1.96 bits per heavy atom. The van der Waals surface area contributed by atoms with Gasteiger partial charge in [-0.05, 0) is 55.6 Å². The summed E-state index contributed by atoms with van der Waals surface area (Å²) in [6.45, 7) is 6.87. The lowest BCUT2D eigenvalue weighted by atomic mass is 9.46. The van der Waals surface area contributed by atoms with Gasteiger partial charge >= 0.3 is 11.9 Å². The van der Waals surface area contributed by atoms with Gasteiger partial charge in [0.25, 0.3) is 0 Å². The Hall–Kier alpha value is -1.58. The van der Waals surface area contributed by atoms with E-state index in [1.165, 1.54) is 6.42 Å². The van der Waals surface area contributed by atoms with Gasteiger partial charge in [0.05, 0.1) is 0 Å². The van der Waals surface area contributed by atoms with Crippen molar-refractivity contribution in [1.29, 1.82) is 0 Å². The Kier molecular flexibility index (Phi) is 2.92. The molecule has 23 heavy (non-hydrogen) atoms. The lowest BCUT2D eigenvalue weighted by Gasteiger charge is -2.60. The smallest absolute Gasteiger partial charge is 0.334 e. The molecule has 2 aliphatic carbocycles. The van der Waals surface area contributed by atoms with E-state index in [1.807, 2.05) is 6.08 Å². The second-order valence-electron chi connectivity index (χ2n) is 8.36. The fourth-order valence-corrected chi connectivity index (χ4v) is 5.68. The molecule has 4 heteroatoms. The van der Waals surface area contributed by atoms with Crippen LogP contribution in [0.3, 0.4) is 0 Å². The maximum absolute atomic E-state index is 12.1. The first kappa shape index (κ1) is 15.0. The Morgan fingerprint density at radius 3 is 2.65 bits per heavy atom. The highest BCUT2D eigenvalue weighted by Gasteiger charge is 2.62. The van der Waals surface area contributed by atoms with Crippen LogP contribution in [0.1, 0.15) is 52.9 Å². The predicted octanol–water partition coefficient (Wildman–Crippen LogP) is 3.32. The van der Waals surface area contributed by atoms with Crippen LogP contribution in [0.5, 0.6) is 0 Å². The number of fused-ring (bicyclic) bond motifs is 1. The molecule has 4 nitrogen and oxygen atoms in total. The second kappa shape index (κ2) is 4.49. The molecular formula is C19H24O4. The van der Waals surface area contributed by atoms with E-state index >= 15 is 0 Å². The molecule has 0 amide bonds. The van der Waals surface area contributed by atoms with Crippen LogP contribution in [-0.4, -0.2) is 24.1 Å². The molecule has 0 radical (unpaired) electrons. The third kappa shape index (κ3) is 1.90. The van der Waals surface area contributed by atoms with Crippen LogP contribution in [0, 0.1) is 16.7 Å². The monoisotopic (exact) mass is 316 g/mol. The van der Waals surface area contributed by atoms with Crippen LogP contribution in [0.2, 0.25) is 0 Å². The summed E-state index contributed by atoms with van der Waals surface area (Å²) >= 11 is 0. The standard InChI is InChI=1S/C19H24O4/c1-12-10-19(23-16(12)21)8-5-13-17(2,3)6-4-7-18(13)11-22-15(20)9-14(18)19/h9-10,13H,4-8,11H2,1-3H3. The van der Waals surface area contributed by atoms with E-state index in [4.69, 9.17) is 9.47 Å². The molecule has 0 saturated heterocycles. The SMILES string of the molecule is CC1=CC2(CCC3C(C)(C)CCCC34COC(=O)C=C24)OC1=O. The van der Waals surface area contributed by atoms with E-state index in [2.05, 4.69) is 13.8 Å². The molecule has 2 saturated carbocycles. The number of hydrogen-bond acceptors (Lipinski definition) is 4. The van der Waals surface area contributed by atoms with Crippen molar-refractivity contribution in [3.8, 4) is 0 Å². The summed E-state index contributed by atoms with van der Waals surface area (Å²) in [4.78, 5) is 24.0. The van der Waals surface area contributed by atoms with Crippen molar-refractivity contribution >= 4 is 11.9 Å². The van der Waals surface area contributed by atoms with Gasteiger partial charge < -0.3 is 9.47 Å². The van der Waals surface area contributed by atoms with Gasteiger partial charge in [-0.25, -0.2) is 9.59 Å². The number of rotatable bonds is 0. The van der Waals surface area contributed by atoms with E-state index in [1.54, 1.807) is 13.0 Å². The van der Waals surface area contributed by atoms with Crippen LogP contribution < -0.4 is 0 Å². The largest absolute Gasteiger partial charge is 0.462 e. The van der Waals surface area contributed by atoms with Crippen molar-refractivity contribution in [3.63, 3.8) is 0 Å². The van der Waals surface area contributed by atoms with Gasteiger partial charge in [-0.3, -0.25) is 0 Å². The van der Waals surface area contributed by atoms with Crippen molar-refractivity contribution < 1.29 is 19.1 Å². The van der Waals surface area contributed by atoms with Crippen molar-refractivity contribution in [2.75, 3.05) is 6.61 Å². The minimum absolute atomic E-state index is 0.171. The summed E-state index contributed by atoms with van der Waals surface area (Å²) in [6, 6.07) is 0. The predicted molar refractivity (Wildman–Crippen MR) is 84.4 cm³/mol. The van der Waals surface area contributed by atoms with Gasteiger partial charge in [0.1, 0.15) is 6.61 Å². The van der Waals surface area contributed by atoms with Gasteiger partial charge in [0.2, 0.25) is 0 Å². The van der Waals surface area contributed by atoms with E-state index in [0.717, 1.165) is 31.3 Å². The molecule has 2 spiro atoms. The summed E-state index contributed by atoms with van der Waals surface area (Å²) in [5, 5.41) is 0. The molecule has 3 atom stereocenters. The highest BCUT2D eigenvalue weighted by Crippen LogP contribution is 2.64. The first-order chi connectivity index (χ1) is 10.8. The van der Waals surface area contributed by atoms with Crippen LogP contribution in [0.25, 0.3) is 0 Å². The highest BCUT2D eigenvalue weighted by molar-refractivity contribution is 5.93. The number of esters is 2. The molecule has 2 fully saturated rings. The molecule has 2 aliphatic heterocycles. The third-order valence-electron chi connectivity index (χ3n) is 6.63. The van der Waals surface area contributed by atoms with Crippen molar-refractivity contribution in [1.82, 2.24) is 0 Å². The molecule has 4 rings (SSSR count). The van der Waals surface area contributed by atoms with Gasteiger partial charge in [-0.1, -0.05) is 20.3 Å². The molecule has 0 aromatic rings. The van der Waals surface area contributed by atoms with Crippen LogP contribution in [0.15, 0.2) is 23.3 Å². The van der Waals surface area contributed by atoms with E-state index in [0.29, 0.717) is 18.1 Å². The highest BCUT2D eigenvalue weighted by atomic mass is 16.6.